The number of hydrogen-bond acceptors (Lipinski definition) is 7. The Morgan fingerprint density at radius 3 is 2.62 bits per heavy atom. The molecule has 7 nitrogen and oxygen atoms in total. The number of aromatic nitrogens is 1. The molecule has 0 atom stereocenters. The normalized spacial score (nSPS) is 10.4. The summed E-state index contributed by atoms with van der Waals surface area (Å²) in [7, 11) is 0. The SMILES string of the molecule is CCOC(=O)Cc1csc(NC(=O)CSc2cccc(NC(=O)c3ccc(C)cc3)c2)n1. The van der Waals surface area contributed by atoms with Crippen LogP contribution in [0.2, 0.25) is 0 Å². The van der Waals surface area contributed by atoms with Gasteiger partial charge in [-0.1, -0.05) is 23.8 Å². The molecule has 0 aliphatic heterocycles. The van der Waals surface area contributed by atoms with E-state index in [-0.39, 0.29) is 30.0 Å². The molecule has 1 aromatic heterocycles. The number of nitrogens with one attached hydrogen (secondary N) is 2. The minimum atomic E-state index is -0.347. The van der Waals surface area contributed by atoms with Crippen LogP contribution in [0.5, 0.6) is 0 Å². The van der Waals surface area contributed by atoms with Crippen LogP contribution in [-0.4, -0.2) is 35.1 Å². The van der Waals surface area contributed by atoms with Crippen LogP contribution in [0, 0.1) is 6.92 Å². The van der Waals surface area contributed by atoms with Gasteiger partial charge in [-0.25, -0.2) is 4.98 Å². The largest absolute Gasteiger partial charge is 0.466 e. The summed E-state index contributed by atoms with van der Waals surface area (Å²) in [5.41, 5.74) is 2.89. The predicted molar refractivity (Wildman–Crippen MR) is 127 cm³/mol. The first-order valence-corrected chi connectivity index (χ1v) is 11.8. The first-order chi connectivity index (χ1) is 15.4. The van der Waals surface area contributed by atoms with E-state index in [0.717, 1.165) is 10.5 Å². The van der Waals surface area contributed by atoms with Gasteiger partial charge in [-0.15, -0.1) is 23.1 Å². The number of thioether (sulfide) groups is 1. The van der Waals surface area contributed by atoms with Gasteiger partial charge >= 0.3 is 5.97 Å². The molecule has 2 N–H and O–H groups in total. The fourth-order valence-corrected chi connectivity index (χ4v) is 4.16. The van der Waals surface area contributed by atoms with E-state index >= 15 is 0 Å². The van der Waals surface area contributed by atoms with Crippen LogP contribution in [-0.2, 0) is 20.7 Å². The first-order valence-electron chi connectivity index (χ1n) is 9.93. The van der Waals surface area contributed by atoms with Crippen LogP contribution < -0.4 is 10.6 Å². The minimum absolute atomic E-state index is 0.0794. The number of benzene rings is 2. The lowest BCUT2D eigenvalue weighted by atomic mass is 10.1. The molecule has 0 spiro atoms. The van der Waals surface area contributed by atoms with Gasteiger partial charge < -0.3 is 15.4 Å². The van der Waals surface area contributed by atoms with Crippen LogP contribution in [0.1, 0.15) is 28.5 Å². The zero-order valence-electron chi connectivity index (χ0n) is 17.7. The molecule has 3 rings (SSSR count). The fourth-order valence-electron chi connectivity index (χ4n) is 2.68. The van der Waals surface area contributed by atoms with Crippen molar-refractivity contribution in [3.05, 3.63) is 70.7 Å². The Bertz CT molecular complexity index is 1100. The molecule has 166 valence electrons. The average molecular weight is 470 g/mol. The number of thiazole rings is 1. The lowest BCUT2D eigenvalue weighted by Gasteiger charge is -2.08. The summed E-state index contributed by atoms with van der Waals surface area (Å²) >= 11 is 2.61. The molecule has 1 heterocycles. The van der Waals surface area contributed by atoms with E-state index in [1.54, 1.807) is 30.5 Å². The zero-order chi connectivity index (χ0) is 22.9. The Balaban J connectivity index is 1.50. The summed E-state index contributed by atoms with van der Waals surface area (Å²) in [6.45, 7) is 4.03. The van der Waals surface area contributed by atoms with Gasteiger partial charge in [-0.3, -0.25) is 14.4 Å². The van der Waals surface area contributed by atoms with Gasteiger partial charge in [0.2, 0.25) is 5.91 Å². The first kappa shape index (κ1) is 23.5. The number of anilines is 2. The number of aryl methyl sites for hydroxylation is 1. The maximum Gasteiger partial charge on any atom is 0.311 e. The topological polar surface area (TPSA) is 97.4 Å². The second kappa shape index (κ2) is 11.4. The van der Waals surface area contributed by atoms with E-state index in [4.69, 9.17) is 4.74 Å². The molecule has 0 aliphatic carbocycles. The van der Waals surface area contributed by atoms with Gasteiger partial charge in [0.15, 0.2) is 5.13 Å². The van der Waals surface area contributed by atoms with E-state index in [1.165, 1.54) is 23.1 Å². The molecule has 3 aromatic rings. The standard InChI is InChI=1S/C23H23N3O4S2/c1-3-30-21(28)12-18-13-32-23(25-18)26-20(27)14-31-19-6-4-5-17(11-19)24-22(29)16-9-7-15(2)8-10-16/h4-11,13H,3,12,14H2,1-2H3,(H,24,29)(H,25,26,27). The van der Waals surface area contributed by atoms with Crippen LogP contribution in [0.15, 0.2) is 58.8 Å². The highest BCUT2D eigenvalue weighted by atomic mass is 32.2. The van der Waals surface area contributed by atoms with Crippen molar-refractivity contribution in [2.45, 2.75) is 25.2 Å². The van der Waals surface area contributed by atoms with Gasteiger partial charge in [-0.2, -0.15) is 0 Å². The van der Waals surface area contributed by atoms with Crippen LogP contribution in [0.25, 0.3) is 0 Å². The maximum absolute atomic E-state index is 12.4. The van der Waals surface area contributed by atoms with Crippen molar-refractivity contribution in [1.29, 1.82) is 0 Å². The summed E-state index contributed by atoms with van der Waals surface area (Å²) in [6, 6.07) is 14.7. The summed E-state index contributed by atoms with van der Waals surface area (Å²) in [5, 5.41) is 7.77. The molecule has 0 unspecified atom stereocenters. The number of nitrogens with zero attached hydrogens (tertiary/aromatic N) is 1. The summed E-state index contributed by atoms with van der Waals surface area (Å²) < 4.78 is 4.90. The summed E-state index contributed by atoms with van der Waals surface area (Å²) in [6.07, 6.45) is 0.0794. The highest BCUT2D eigenvalue weighted by molar-refractivity contribution is 8.00. The molecule has 0 radical (unpaired) electrons. The van der Waals surface area contributed by atoms with Crippen LogP contribution in [0.4, 0.5) is 10.8 Å². The molecule has 32 heavy (non-hydrogen) atoms. The van der Waals surface area contributed by atoms with Crippen molar-refractivity contribution in [3.8, 4) is 0 Å². The number of rotatable bonds is 9. The molecule has 0 saturated heterocycles. The van der Waals surface area contributed by atoms with E-state index in [0.29, 0.717) is 28.7 Å². The number of carbonyl (C=O) groups is 3. The molecule has 2 aromatic carbocycles. The van der Waals surface area contributed by atoms with E-state index in [2.05, 4.69) is 15.6 Å². The molecule has 2 amide bonds. The van der Waals surface area contributed by atoms with Gasteiger partial charge in [0.25, 0.3) is 5.91 Å². The van der Waals surface area contributed by atoms with Gasteiger partial charge in [-0.05, 0) is 44.2 Å². The quantitative estimate of drug-likeness (QED) is 0.353. The monoisotopic (exact) mass is 469 g/mol. The summed E-state index contributed by atoms with van der Waals surface area (Å²) in [4.78, 5) is 41.3. The van der Waals surface area contributed by atoms with Gasteiger partial charge in [0, 0.05) is 21.5 Å². The Labute approximate surface area is 194 Å². The predicted octanol–water partition coefficient (Wildman–Crippen LogP) is 4.54. The van der Waals surface area contributed by atoms with Crippen molar-refractivity contribution in [3.63, 3.8) is 0 Å². The summed E-state index contributed by atoms with van der Waals surface area (Å²) in [5.74, 6) is -0.559. The molecule has 0 bridgehead atoms. The van der Waals surface area contributed by atoms with Crippen molar-refractivity contribution in [1.82, 2.24) is 4.98 Å². The Morgan fingerprint density at radius 1 is 1.09 bits per heavy atom. The second-order valence-corrected chi connectivity index (χ2v) is 8.72. The number of amides is 2. The van der Waals surface area contributed by atoms with E-state index in [1.807, 2.05) is 37.3 Å². The molecular formula is C23H23N3O4S2. The fraction of sp³-hybridized carbons (Fsp3) is 0.217. The Morgan fingerprint density at radius 2 is 1.88 bits per heavy atom. The average Bonchev–Trinajstić information content (AvgIpc) is 3.19. The molecule has 0 aliphatic rings. The maximum atomic E-state index is 12.4. The van der Waals surface area contributed by atoms with Crippen molar-refractivity contribution in [2.24, 2.45) is 0 Å². The Hall–Kier alpha value is -3.17. The smallest absolute Gasteiger partial charge is 0.311 e. The van der Waals surface area contributed by atoms with Crippen molar-refractivity contribution in [2.75, 3.05) is 23.0 Å². The van der Waals surface area contributed by atoms with Crippen molar-refractivity contribution >= 4 is 51.7 Å². The third-order valence-corrected chi connectivity index (χ3v) is 6.00. The number of ether oxygens (including phenoxy) is 1. The number of esters is 1. The Kier molecular flexibility index (Phi) is 8.41. The van der Waals surface area contributed by atoms with E-state index < -0.39 is 0 Å². The molecule has 0 fully saturated rings. The van der Waals surface area contributed by atoms with Crippen LogP contribution in [0.3, 0.4) is 0 Å². The van der Waals surface area contributed by atoms with Gasteiger partial charge in [0.05, 0.1) is 24.5 Å². The van der Waals surface area contributed by atoms with Gasteiger partial charge in [0.1, 0.15) is 0 Å². The number of hydrogen-bond donors (Lipinski definition) is 2. The van der Waals surface area contributed by atoms with Crippen molar-refractivity contribution < 1.29 is 19.1 Å². The zero-order valence-corrected chi connectivity index (χ0v) is 19.3. The van der Waals surface area contributed by atoms with E-state index in [9.17, 15) is 14.4 Å². The highest BCUT2D eigenvalue weighted by Crippen LogP contribution is 2.23. The third-order valence-electron chi connectivity index (χ3n) is 4.20. The molecular weight excluding hydrogens is 446 g/mol. The minimum Gasteiger partial charge on any atom is -0.466 e. The molecule has 0 saturated carbocycles. The highest BCUT2D eigenvalue weighted by Gasteiger charge is 2.11. The lowest BCUT2D eigenvalue weighted by Crippen LogP contribution is -2.14. The number of carbonyl (C=O) groups excluding carboxylic acids is 3. The molecule has 9 heteroatoms. The second-order valence-electron chi connectivity index (χ2n) is 6.81. The van der Waals surface area contributed by atoms with Crippen LogP contribution >= 0.6 is 23.1 Å². The third kappa shape index (κ3) is 7.21. The lowest BCUT2D eigenvalue weighted by molar-refractivity contribution is -0.142.